The third-order valence-corrected chi connectivity index (χ3v) is 6.27. The Bertz CT molecular complexity index is 932. The summed E-state index contributed by atoms with van der Waals surface area (Å²) in [5.41, 5.74) is 5.47. The van der Waals surface area contributed by atoms with Gasteiger partial charge in [0.05, 0.1) is 10.7 Å². The fourth-order valence-corrected chi connectivity index (χ4v) is 4.41. The summed E-state index contributed by atoms with van der Waals surface area (Å²) in [5, 5.41) is 3.20. The van der Waals surface area contributed by atoms with E-state index in [1.165, 1.54) is 16.7 Å². The first-order chi connectivity index (χ1) is 12.9. The van der Waals surface area contributed by atoms with Crippen LogP contribution in [-0.4, -0.2) is 22.8 Å². The van der Waals surface area contributed by atoms with E-state index in [0.717, 1.165) is 26.9 Å². The van der Waals surface area contributed by atoms with E-state index in [2.05, 4.69) is 42.4 Å². The first kappa shape index (κ1) is 19.6. The van der Waals surface area contributed by atoms with E-state index >= 15 is 0 Å². The number of aryl methyl sites for hydroxylation is 3. The van der Waals surface area contributed by atoms with Crippen molar-refractivity contribution in [2.45, 2.75) is 38.0 Å². The lowest BCUT2D eigenvalue weighted by Gasteiger charge is -2.19. The van der Waals surface area contributed by atoms with Crippen molar-refractivity contribution in [3.8, 4) is 0 Å². The molecule has 0 unspecified atom stereocenters. The van der Waals surface area contributed by atoms with Crippen molar-refractivity contribution in [1.29, 1.82) is 0 Å². The number of carbonyl (C=O) groups is 1. The average Bonchev–Trinajstić information content (AvgIpc) is 3.07. The van der Waals surface area contributed by atoms with Gasteiger partial charge in [-0.05, 0) is 56.2 Å². The third kappa shape index (κ3) is 5.21. The van der Waals surface area contributed by atoms with Crippen LogP contribution in [-0.2, 0) is 12.3 Å². The van der Waals surface area contributed by atoms with Gasteiger partial charge in [0.25, 0.3) is 5.91 Å². The van der Waals surface area contributed by atoms with Crippen molar-refractivity contribution in [3.63, 3.8) is 0 Å². The summed E-state index contributed by atoms with van der Waals surface area (Å²) in [4.78, 5) is 20.1. The van der Waals surface area contributed by atoms with Gasteiger partial charge in [0.1, 0.15) is 0 Å². The number of nitrogens with zero attached hydrogens (tertiary/aromatic N) is 2. The predicted octanol–water partition coefficient (Wildman–Crippen LogP) is 5.63. The maximum Gasteiger partial charge on any atom is 0.253 e. The molecular weight excluding hydrogens is 372 g/mol. The van der Waals surface area contributed by atoms with Crippen molar-refractivity contribution in [3.05, 3.63) is 80.8 Å². The SMILES string of the molecule is Cc1ccc(CN(C)C(=O)c2ccc(SCc3csc(C)n3)cc2)c(C)c1. The number of hydrogen-bond acceptors (Lipinski definition) is 4. The molecule has 0 atom stereocenters. The Hall–Kier alpha value is -2.11. The quantitative estimate of drug-likeness (QED) is 0.506. The first-order valence-electron chi connectivity index (χ1n) is 8.88. The monoisotopic (exact) mass is 396 g/mol. The summed E-state index contributed by atoms with van der Waals surface area (Å²) in [7, 11) is 1.86. The molecule has 0 radical (unpaired) electrons. The van der Waals surface area contributed by atoms with E-state index in [1.54, 1.807) is 28.0 Å². The zero-order chi connectivity index (χ0) is 19.4. The van der Waals surface area contributed by atoms with Crippen molar-refractivity contribution in [2.24, 2.45) is 0 Å². The molecule has 0 saturated heterocycles. The molecule has 2 aromatic carbocycles. The fourth-order valence-electron chi connectivity index (χ4n) is 2.90. The lowest BCUT2D eigenvalue weighted by molar-refractivity contribution is 0.0785. The van der Waals surface area contributed by atoms with Gasteiger partial charge in [0.15, 0.2) is 0 Å². The van der Waals surface area contributed by atoms with E-state index < -0.39 is 0 Å². The normalized spacial score (nSPS) is 10.8. The fraction of sp³-hybridized carbons (Fsp3) is 0.273. The second-order valence-corrected chi connectivity index (χ2v) is 8.87. The molecule has 27 heavy (non-hydrogen) atoms. The number of carbonyl (C=O) groups excluding carboxylic acids is 1. The maximum atomic E-state index is 12.7. The molecule has 1 heterocycles. The van der Waals surface area contributed by atoms with Crippen LogP contribution < -0.4 is 0 Å². The molecule has 3 rings (SSSR count). The summed E-state index contributed by atoms with van der Waals surface area (Å²) >= 11 is 3.42. The van der Waals surface area contributed by atoms with Gasteiger partial charge in [0, 0.05) is 35.2 Å². The highest BCUT2D eigenvalue weighted by Crippen LogP contribution is 2.24. The highest BCUT2D eigenvalue weighted by Gasteiger charge is 2.13. The predicted molar refractivity (Wildman–Crippen MR) is 115 cm³/mol. The molecule has 0 aliphatic carbocycles. The molecular formula is C22H24N2OS2. The molecule has 0 bridgehead atoms. The highest BCUT2D eigenvalue weighted by atomic mass is 32.2. The minimum atomic E-state index is 0.0432. The second kappa shape index (κ2) is 8.72. The number of rotatable bonds is 6. The van der Waals surface area contributed by atoms with Crippen LogP contribution >= 0.6 is 23.1 Å². The number of aromatic nitrogens is 1. The van der Waals surface area contributed by atoms with Gasteiger partial charge in [-0.3, -0.25) is 4.79 Å². The molecule has 0 saturated carbocycles. The van der Waals surface area contributed by atoms with Crippen LogP contribution in [0, 0.1) is 20.8 Å². The van der Waals surface area contributed by atoms with Gasteiger partial charge < -0.3 is 4.90 Å². The van der Waals surface area contributed by atoms with E-state index in [9.17, 15) is 4.79 Å². The van der Waals surface area contributed by atoms with Gasteiger partial charge in [-0.15, -0.1) is 23.1 Å². The molecule has 1 amide bonds. The highest BCUT2D eigenvalue weighted by molar-refractivity contribution is 7.98. The summed E-state index contributed by atoms with van der Waals surface area (Å²) in [6.45, 7) is 6.82. The lowest BCUT2D eigenvalue weighted by Crippen LogP contribution is -2.26. The number of hydrogen-bond donors (Lipinski definition) is 0. The van der Waals surface area contributed by atoms with Crippen LogP contribution in [0.3, 0.4) is 0 Å². The molecule has 140 valence electrons. The molecule has 3 nitrogen and oxygen atoms in total. The van der Waals surface area contributed by atoms with Crippen molar-refractivity contribution >= 4 is 29.0 Å². The molecule has 0 aliphatic heterocycles. The van der Waals surface area contributed by atoms with Gasteiger partial charge >= 0.3 is 0 Å². The van der Waals surface area contributed by atoms with E-state index in [0.29, 0.717) is 6.54 Å². The summed E-state index contributed by atoms with van der Waals surface area (Å²) in [6, 6.07) is 14.2. The molecule has 0 N–H and O–H groups in total. The summed E-state index contributed by atoms with van der Waals surface area (Å²) in [5.74, 6) is 0.895. The van der Waals surface area contributed by atoms with E-state index in [1.807, 2.05) is 38.2 Å². The Labute approximate surface area is 169 Å². The van der Waals surface area contributed by atoms with E-state index in [-0.39, 0.29) is 5.91 Å². The van der Waals surface area contributed by atoms with Gasteiger partial charge in [-0.25, -0.2) is 4.98 Å². The third-order valence-electron chi connectivity index (χ3n) is 4.41. The maximum absolute atomic E-state index is 12.7. The molecule has 5 heteroatoms. The van der Waals surface area contributed by atoms with Crippen LogP contribution in [0.25, 0.3) is 0 Å². The number of amides is 1. The minimum absolute atomic E-state index is 0.0432. The molecule has 3 aromatic rings. The van der Waals surface area contributed by atoms with Gasteiger partial charge in [-0.1, -0.05) is 23.8 Å². The Morgan fingerprint density at radius 2 is 1.85 bits per heavy atom. The first-order valence-corrected chi connectivity index (χ1v) is 10.7. The smallest absolute Gasteiger partial charge is 0.253 e. The number of benzene rings is 2. The van der Waals surface area contributed by atoms with Crippen LogP contribution in [0.2, 0.25) is 0 Å². The van der Waals surface area contributed by atoms with Crippen LogP contribution in [0.5, 0.6) is 0 Å². The number of thiazole rings is 1. The zero-order valence-corrected chi connectivity index (χ0v) is 17.8. The molecule has 0 spiro atoms. The Balaban J connectivity index is 1.60. The van der Waals surface area contributed by atoms with Gasteiger partial charge in [-0.2, -0.15) is 0 Å². The summed E-state index contributed by atoms with van der Waals surface area (Å²) in [6.07, 6.45) is 0. The Morgan fingerprint density at radius 1 is 1.11 bits per heavy atom. The average molecular weight is 397 g/mol. The molecule has 1 aromatic heterocycles. The van der Waals surface area contributed by atoms with Crippen molar-refractivity contribution in [2.75, 3.05) is 7.05 Å². The van der Waals surface area contributed by atoms with Gasteiger partial charge in [0.2, 0.25) is 0 Å². The lowest BCUT2D eigenvalue weighted by atomic mass is 10.1. The van der Waals surface area contributed by atoms with Crippen molar-refractivity contribution in [1.82, 2.24) is 9.88 Å². The van der Waals surface area contributed by atoms with Crippen LogP contribution in [0.1, 0.15) is 37.7 Å². The largest absolute Gasteiger partial charge is 0.337 e. The van der Waals surface area contributed by atoms with E-state index in [4.69, 9.17) is 0 Å². The van der Waals surface area contributed by atoms with Crippen LogP contribution in [0.15, 0.2) is 52.7 Å². The summed E-state index contributed by atoms with van der Waals surface area (Å²) < 4.78 is 0. The Morgan fingerprint density at radius 3 is 2.48 bits per heavy atom. The van der Waals surface area contributed by atoms with Crippen LogP contribution in [0.4, 0.5) is 0 Å². The zero-order valence-electron chi connectivity index (χ0n) is 16.2. The Kier molecular flexibility index (Phi) is 6.34. The topological polar surface area (TPSA) is 33.2 Å². The standard InChI is InChI=1S/C22H24N2OS2/c1-15-5-6-19(16(2)11-15)12-24(4)22(25)18-7-9-21(10-8-18)27-14-20-13-26-17(3)23-20/h5-11,13H,12,14H2,1-4H3. The van der Waals surface area contributed by atoms with Crippen molar-refractivity contribution < 1.29 is 4.79 Å². The molecule has 0 fully saturated rings. The molecule has 0 aliphatic rings. The second-order valence-electron chi connectivity index (χ2n) is 6.76. The number of thioether (sulfide) groups is 1. The minimum Gasteiger partial charge on any atom is -0.337 e.